The summed E-state index contributed by atoms with van der Waals surface area (Å²) in [6.07, 6.45) is -0.861. The van der Waals surface area contributed by atoms with E-state index < -0.39 is 6.10 Å². The number of aromatic nitrogens is 2. The van der Waals surface area contributed by atoms with Crippen LogP contribution in [0.4, 0.5) is 4.39 Å². The summed E-state index contributed by atoms with van der Waals surface area (Å²) >= 11 is 0. The van der Waals surface area contributed by atoms with Gasteiger partial charge in [0.1, 0.15) is 5.82 Å². The third-order valence-electron chi connectivity index (χ3n) is 3.97. The molecule has 0 spiro atoms. The number of hydrogen-bond acceptors (Lipinski definition) is 3. The molecule has 0 amide bonds. The average Bonchev–Trinajstić information content (AvgIpc) is 2.82. The van der Waals surface area contributed by atoms with Gasteiger partial charge in [0.05, 0.1) is 36.9 Å². The third kappa shape index (κ3) is 3.25. The lowest BCUT2D eigenvalue weighted by Gasteiger charge is -2.12. The Bertz CT molecular complexity index is 901. The number of imidazole rings is 1. The molecule has 1 aromatic heterocycles. The van der Waals surface area contributed by atoms with Crippen LogP contribution in [0, 0.1) is 5.82 Å². The van der Waals surface area contributed by atoms with Crippen LogP contribution in [-0.2, 0) is 24.9 Å². The first-order valence-corrected chi connectivity index (χ1v) is 7.71. The van der Waals surface area contributed by atoms with Gasteiger partial charge in [0.2, 0.25) is 0 Å². The van der Waals surface area contributed by atoms with Crippen molar-refractivity contribution in [1.82, 2.24) is 9.13 Å². The largest absolute Gasteiger partial charge is 0.389 e. The van der Waals surface area contributed by atoms with E-state index in [0.717, 1.165) is 11.0 Å². The van der Waals surface area contributed by atoms with Gasteiger partial charge in [0, 0.05) is 12.6 Å². The van der Waals surface area contributed by atoms with Crippen molar-refractivity contribution in [2.24, 2.45) is 7.05 Å². The first-order chi connectivity index (χ1) is 11.6. The number of aliphatic hydroxyl groups excluding tert-OH is 1. The van der Waals surface area contributed by atoms with E-state index in [4.69, 9.17) is 4.74 Å². The van der Waals surface area contributed by atoms with Crippen LogP contribution in [-0.4, -0.2) is 27.0 Å². The topological polar surface area (TPSA) is 56.4 Å². The second kappa shape index (κ2) is 6.98. The molecule has 1 atom stereocenters. The van der Waals surface area contributed by atoms with E-state index in [-0.39, 0.29) is 31.3 Å². The predicted molar refractivity (Wildman–Crippen MR) is 89.2 cm³/mol. The lowest BCUT2D eigenvalue weighted by Crippen LogP contribution is -2.30. The molecule has 5 nitrogen and oxygen atoms in total. The van der Waals surface area contributed by atoms with E-state index in [2.05, 4.69) is 0 Å². The SMILES string of the molecule is Cn1c(=O)n(C[C@@H](O)COCc2ccccc2F)c2ccccc21. The zero-order valence-corrected chi connectivity index (χ0v) is 13.4. The minimum absolute atomic E-state index is 0.0179. The molecule has 126 valence electrons. The van der Waals surface area contributed by atoms with Crippen LogP contribution in [0.15, 0.2) is 53.3 Å². The van der Waals surface area contributed by atoms with Crippen molar-refractivity contribution < 1.29 is 14.2 Å². The van der Waals surface area contributed by atoms with Gasteiger partial charge in [-0.25, -0.2) is 9.18 Å². The molecule has 1 heterocycles. The molecule has 0 fully saturated rings. The molecule has 0 saturated heterocycles. The molecule has 0 saturated carbocycles. The number of fused-ring (bicyclic) bond motifs is 1. The summed E-state index contributed by atoms with van der Waals surface area (Å²) in [4.78, 5) is 12.3. The van der Waals surface area contributed by atoms with Gasteiger partial charge in [-0.3, -0.25) is 9.13 Å². The van der Waals surface area contributed by atoms with E-state index in [1.54, 1.807) is 29.8 Å². The summed E-state index contributed by atoms with van der Waals surface area (Å²) in [5.74, 6) is -0.336. The third-order valence-corrected chi connectivity index (χ3v) is 3.97. The first-order valence-electron chi connectivity index (χ1n) is 7.71. The Balaban J connectivity index is 1.65. The Morgan fingerprint density at radius 2 is 1.79 bits per heavy atom. The number of halogens is 1. The number of ether oxygens (including phenoxy) is 1. The van der Waals surface area contributed by atoms with Gasteiger partial charge in [0.25, 0.3) is 0 Å². The fourth-order valence-electron chi connectivity index (χ4n) is 2.72. The van der Waals surface area contributed by atoms with Crippen LogP contribution in [0.2, 0.25) is 0 Å². The summed E-state index contributed by atoms with van der Waals surface area (Å²) in [6.45, 7) is 0.218. The number of aryl methyl sites for hydroxylation is 1. The standard InChI is InChI=1S/C18H19FN2O3/c1-20-16-8-4-5-9-17(16)21(18(20)23)10-14(22)12-24-11-13-6-2-3-7-15(13)19/h2-9,14,22H,10-12H2,1H3/t14-/m1/s1. The van der Waals surface area contributed by atoms with Gasteiger partial charge in [0.15, 0.2) is 0 Å². The maximum Gasteiger partial charge on any atom is 0.328 e. The van der Waals surface area contributed by atoms with Gasteiger partial charge in [-0.2, -0.15) is 0 Å². The predicted octanol–water partition coefficient (Wildman–Crippen LogP) is 2.06. The molecule has 24 heavy (non-hydrogen) atoms. The van der Waals surface area contributed by atoms with Gasteiger partial charge >= 0.3 is 5.69 Å². The van der Waals surface area contributed by atoms with E-state index in [1.165, 1.54) is 10.6 Å². The summed E-state index contributed by atoms with van der Waals surface area (Å²) in [5.41, 5.74) is 1.82. The summed E-state index contributed by atoms with van der Waals surface area (Å²) in [6, 6.07) is 13.7. The number of rotatable bonds is 6. The van der Waals surface area contributed by atoms with Crippen molar-refractivity contribution in [3.05, 3.63) is 70.4 Å². The first kappa shape index (κ1) is 16.4. The molecular formula is C18H19FN2O3. The van der Waals surface area contributed by atoms with Crippen molar-refractivity contribution in [3.8, 4) is 0 Å². The molecule has 3 aromatic rings. The minimum Gasteiger partial charge on any atom is -0.389 e. The molecule has 0 radical (unpaired) electrons. The average molecular weight is 330 g/mol. The van der Waals surface area contributed by atoms with Crippen molar-refractivity contribution in [1.29, 1.82) is 0 Å². The number of hydrogen-bond donors (Lipinski definition) is 1. The summed E-state index contributed by atoms with van der Waals surface area (Å²) in [5, 5.41) is 10.2. The quantitative estimate of drug-likeness (QED) is 0.753. The summed E-state index contributed by atoms with van der Waals surface area (Å²) in [7, 11) is 1.70. The fourth-order valence-corrected chi connectivity index (χ4v) is 2.72. The second-order valence-corrected chi connectivity index (χ2v) is 5.70. The molecule has 3 rings (SSSR count). The molecule has 0 unspecified atom stereocenters. The maximum absolute atomic E-state index is 13.5. The number of nitrogens with zero attached hydrogens (tertiary/aromatic N) is 2. The number of para-hydroxylation sites is 2. The monoisotopic (exact) mass is 330 g/mol. The zero-order chi connectivity index (χ0) is 17.1. The molecule has 0 aliphatic heterocycles. The molecule has 0 bridgehead atoms. The Morgan fingerprint density at radius 3 is 2.54 bits per heavy atom. The Kier molecular flexibility index (Phi) is 4.78. The Hall–Kier alpha value is -2.44. The summed E-state index contributed by atoms with van der Waals surface area (Å²) < 4.78 is 21.9. The maximum atomic E-state index is 13.5. The van der Waals surface area contributed by atoms with Gasteiger partial charge in [-0.15, -0.1) is 0 Å². The fraction of sp³-hybridized carbons (Fsp3) is 0.278. The van der Waals surface area contributed by atoms with Crippen LogP contribution >= 0.6 is 0 Å². The lowest BCUT2D eigenvalue weighted by atomic mass is 10.2. The molecule has 1 N–H and O–H groups in total. The van der Waals surface area contributed by atoms with Crippen molar-refractivity contribution in [3.63, 3.8) is 0 Å². The molecular weight excluding hydrogens is 311 g/mol. The zero-order valence-electron chi connectivity index (χ0n) is 13.4. The molecule has 0 aliphatic carbocycles. The van der Waals surface area contributed by atoms with Crippen molar-refractivity contribution in [2.45, 2.75) is 19.3 Å². The highest BCUT2D eigenvalue weighted by atomic mass is 19.1. The second-order valence-electron chi connectivity index (χ2n) is 5.70. The van der Waals surface area contributed by atoms with E-state index in [9.17, 15) is 14.3 Å². The molecule has 2 aromatic carbocycles. The molecule has 6 heteroatoms. The Morgan fingerprint density at radius 1 is 1.12 bits per heavy atom. The van der Waals surface area contributed by atoms with Crippen LogP contribution in [0.1, 0.15) is 5.56 Å². The smallest absolute Gasteiger partial charge is 0.328 e. The van der Waals surface area contributed by atoms with Crippen LogP contribution < -0.4 is 5.69 Å². The Labute approximate surface area is 138 Å². The van der Waals surface area contributed by atoms with Crippen LogP contribution in [0.3, 0.4) is 0 Å². The van der Waals surface area contributed by atoms with Gasteiger partial charge in [-0.1, -0.05) is 30.3 Å². The van der Waals surface area contributed by atoms with E-state index >= 15 is 0 Å². The van der Waals surface area contributed by atoms with Crippen molar-refractivity contribution in [2.75, 3.05) is 6.61 Å². The number of aliphatic hydroxyl groups is 1. The minimum atomic E-state index is -0.861. The van der Waals surface area contributed by atoms with Gasteiger partial charge in [-0.05, 0) is 18.2 Å². The number of benzene rings is 2. The highest BCUT2D eigenvalue weighted by Crippen LogP contribution is 2.12. The van der Waals surface area contributed by atoms with Crippen LogP contribution in [0.5, 0.6) is 0 Å². The highest BCUT2D eigenvalue weighted by molar-refractivity contribution is 5.75. The normalized spacial score (nSPS) is 12.6. The van der Waals surface area contributed by atoms with Crippen LogP contribution in [0.25, 0.3) is 11.0 Å². The highest BCUT2D eigenvalue weighted by Gasteiger charge is 2.14. The van der Waals surface area contributed by atoms with Crippen molar-refractivity contribution >= 4 is 11.0 Å². The lowest BCUT2D eigenvalue weighted by molar-refractivity contribution is 0.0195. The van der Waals surface area contributed by atoms with E-state index in [0.29, 0.717) is 5.56 Å². The van der Waals surface area contributed by atoms with Gasteiger partial charge < -0.3 is 9.84 Å². The van der Waals surface area contributed by atoms with E-state index in [1.807, 2.05) is 24.3 Å². The molecule has 0 aliphatic rings.